The lowest BCUT2D eigenvalue weighted by Crippen LogP contribution is -2.15. The van der Waals surface area contributed by atoms with Crippen LogP contribution in [0.15, 0.2) is 30.3 Å². The minimum Gasteiger partial charge on any atom is -0.378 e. The van der Waals surface area contributed by atoms with E-state index in [1.807, 2.05) is 43.7 Å². The summed E-state index contributed by atoms with van der Waals surface area (Å²) in [4.78, 5) is 23.6. The zero-order chi connectivity index (χ0) is 15.6. The Balaban J connectivity index is 2.09. The van der Waals surface area contributed by atoms with Gasteiger partial charge >= 0.3 is 0 Å². The van der Waals surface area contributed by atoms with Crippen LogP contribution in [0.4, 0.5) is 5.69 Å². The van der Waals surface area contributed by atoms with E-state index in [2.05, 4.69) is 5.32 Å². The van der Waals surface area contributed by atoms with Gasteiger partial charge in [-0.15, -0.1) is 0 Å². The molecule has 2 aromatic rings. The van der Waals surface area contributed by atoms with Gasteiger partial charge in [0.1, 0.15) is 0 Å². The van der Waals surface area contributed by atoms with Crippen LogP contribution in [-0.2, 0) is 7.05 Å². The molecule has 0 unspecified atom stereocenters. The van der Waals surface area contributed by atoms with Crippen molar-refractivity contribution >= 4 is 17.3 Å². The molecule has 0 amide bonds. The standard InChI is InChI=1S/C17H20N2O2/c1-11-8-16(12(2)19(11)4)17(21)10-18-15-7-5-6-14(9-15)13(3)20/h5-9,18H,10H2,1-4H3. The molecular weight excluding hydrogens is 264 g/mol. The Morgan fingerprint density at radius 3 is 2.48 bits per heavy atom. The molecule has 110 valence electrons. The van der Waals surface area contributed by atoms with Crippen molar-refractivity contribution in [2.45, 2.75) is 20.8 Å². The molecule has 0 fully saturated rings. The predicted molar refractivity (Wildman–Crippen MR) is 84.2 cm³/mol. The van der Waals surface area contributed by atoms with Gasteiger partial charge in [0.25, 0.3) is 0 Å². The van der Waals surface area contributed by atoms with Gasteiger partial charge in [-0.3, -0.25) is 9.59 Å². The highest BCUT2D eigenvalue weighted by Crippen LogP contribution is 2.15. The number of benzene rings is 1. The van der Waals surface area contributed by atoms with E-state index < -0.39 is 0 Å². The lowest BCUT2D eigenvalue weighted by Gasteiger charge is -2.07. The number of anilines is 1. The second kappa shape index (κ2) is 5.95. The second-order valence-corrected chi connectivity index (χ2v) is 5.26. The number of hydrogen-bond acceptors (Lipinski definition) is 3. The van der Waals surface area contributed by atoms with Gasteiger partial charge in [-0.25, -0.2) is 0 Å². The van der Waals surface area contributed by atoms with Crippen LogP contribution in [0.3, 0.4) is 0 Å². The van der Waals surface area contributed by atoms with E-state index >= 15 is 0 Å². The fourth-order valence-electron chi connectivity index (χ4n) is 2.26. The zero-order valence-electron chi connectivity index (χ0n) is 12.9. The van der Waals surface area contributed by atoms with Crippen LogP contribution in [-0.4, -0.2) is 22.7 Å². The Bertz CT molecular complexity index is 699. The number of nitrogens with one attached hydrogen (secondary N) is 1. The molecule has 1 heterocycles. The molecule has 4 heteroatoms. The van der Waals surface area contributed by atoms with Gasteiger partial charge < -0.3 is 9.88 Å². The van der Waals surface area contributed by atoms with Crippen molar-refractivity contribution < 1.29 is 9.59 Å². The lowest BCUT2D eigenvalue weighted by molar-refractivity contribution is 0.100. The van der Waals surface area contributed by atoms with Crippen molar-refractivity contribution in [3.63, 3.8) is 0 Å². The molecule has 2 rings (SSSR count). The molecule has 0 bridgehead atoms. The highest BCUT2D eigenvalue weighted by atomic mass is 16.1. The predicted octanol–water partition coefficient (Wildman–Crippen LogP) is 3.14. The lowest BCUT2D eigenvalue weighted by atomic mass is 10.1. The van der Waals surface area contributed by atoms with Crippen molar-refractivity contribution in [1.82, 2.24) is 4.57 Å². The van der Waals surface area contributed by atoms with Gasteiger partial charge in [0, 0.05) is 35.2 Å². The molecule has 0 saturated carbocycles. The summed E-state index contributed by atoms with van der Waals surface area (Å²) in [6.07, 6.45) is 0. The van der Waals surface area contributed by atoms with E-state index in [1.54, 1.807) is 12.1 Å². The molecular formula is C17H20N2O2. The fourth-order valence-corrected chi connectivity index (χ4v) is 2.26. The monoisotopic (exact) mass is 284 g/mol. The summed E-state index contributed by atoms with van der Waals surface area (Å²) in [5, 5.41) is 3.08. The Labute approximate surface area is 124 Å². The number of rotatable bonds is 5. The van der Waals surface area contributed by atoms with Crippen molar-refractivity contribution in [2.24, 2.45) is 7.05 Å². The van der Waals surface area contributed by atoms with Crippen molar-refractivity contribution in [3.05, 3.63) is 52.8 Å². The van der Waals surface area contributed by atoms with E-state index in [9.17, 15) is 9.59 Å². The average molecular weight is 284 g/mol. The molecule has 0 aliphatic rings. The number of aryl methyl sites for hydroxylation is 1. The average Bonchev–Trinajstić information content (AvgIpc) is 2.73. The van der Waals surface area contributed by atoms with E-state index in [1.165, 1.54) is 6.92 Å². The molecule has 0 atom stereocenters. The molecule has 0 saturated heterocycles. The van der Waals surface area contributed by atoms with E-state index in [-0.39, 0.29) is 18.1 Å². The molecule has 0 spiro atoms. The highest BCUT2D eigenvalue weighted by Gasteiger charge is 2.13. The molecule has 0 radical (unpaired) electrons. The summed E-state index contributed by atoms with van der Waals surface area (Å²) in [6.45, 7) is 5.66. The summed E-state index contributed by atoms with van der Waals surface area (Å²) >= 11 is 0. The number of Topliss-reactive ketones (excluding diaryl/α,β-unsaturated/α-hetero) is 2. The minimum absolute atomic E-state index is 0.0134. The van der Waals surface area contributed by atoms with Gasteiger partial charge in [0.05, 0.1) is 6.54 Å². The maximum atomic E-state index is 12.3. The summed E-state index contributed by atoms with van der Waals surface area (Å²) < 4.78 is 2.00. The molecule has 0 aliphatic heterocycles. The highest BCUT2D eigenvalue weighted by molar-refractivity contribution is 6.00. The second-order valence-electron chi connectivity index (χ2n) is 5.26. The van der Waals surface area contributed by atoms with Crippen molar-refractivity contribution in [2.75, 3.05) is 11.9 Å². The normalized spacial score (nSPS) is 10.5. The summed E-state index contributed by atoms with van der Waals surface area (Å²) in [5.41, 5.74) is 4.19. The number of aromatic nitrogens is 1. The smallest absolute Gasteiger partial charge is 0.183 e. The third-order valence-electron chi connectivity index (χ3n) is 3.80. The van der Waals surface area contributed by atoms with Crippen molar-refractivity contribution in [3.8, 4) is 0 Å². The van der Waals surface area contributed by atoms with Crippen LogP contribution in [0.5, 0.6) is 0 Å². The van der Waals surface area contributed by atoms with Crippen LogP contribution in [0.25, 0.3) is 0 Å². The summed E-state index contributed by atoms with van der Waals surface area (Å²) in [6, 6.07) is 9.09. The Hall–Kier alpha value is -2.36. The van der Waals surface area contributed by atoms with E-state index in [0.717, 1.165) is 22.6 Å². The van der Waals surface area contributed by atoms with Crippen LogP contribution < -0.4 is 5.32 Å². The first-order valence-electron chi connectivity index (χ1n) is 6.91. The Kier molecular flexibility index (Phi) is 4.26. The number of carbonyl (C=O) groups is 2. The topological polar surface area (TPSA) is 51.1 Å². The van der Waals surface area contributed by atoms with Crippen molar-refractivity contribution in [1.29, 1.82) is 0 Å². The first kappa shape index (κ1) is 15.0. The summed E-state index contributed by atoms with van der Waals surface area (Å²) in [5.74, 6) is 0.0592. The maximum Gasteiger partial charge on any atom is 0.183 e. The number of nitrogens with zero attached hydrogens (tertiary/aromatic N) is 1. The van der Waals surface area contributed by atoms with Gasteiger partial charge in [0.15, 0.2) is 11.6 Å². The van der Waals surface area contributed by atoms with Crippen LogP contribution >= 0.6 is 0 Å². The maximum absolute atomic E-state index is 12.3. The summed E-state index contributed by atoms with van der Waals surface area (Å²) in [7, 11) is 1.95. The van der Waals surface area contributed by atoms with Gasteiger partial charge in [-0.05, 0) is 39.0 Å². The first-order chi connectivity index (χ1) is 9.90. The Morgan fingerprint density at radius 2 is 1.90 bits per heavy atom. The Morgan fingerprint density at radius 1 is 1.19 bits per heavy atom. The molecule has 1 N–H and O–H groups in total. The van der Waals surface area contributed by atoms with Crippen LogP contribution in [0.1, 0.15) is 39.0 Å². The number of carbonyl (C=O) groups excluding carboxylic acids is 2. The molecule has 4 nitrogen and oxygen atoms in total. The number of ketones is 2. The molecule has 1 aromatic carbocycles. The molecule has 1 aromatic heterocycles. The van der Waals surface area contributed by atoms with Gasteiger partial charge in [0.2, 0.25) is 0 Å². The largest absolute Gasteiger partial charge is 0.378 e. The quantitative estimate of drug-likeness (QED) is 0.858. The zero-order valence-corrected chi connectivity index (χ0v) is 12.9. The third-order valence-corrected chi connectivity index (χ3v) is 3.80. The fraction of sp³-hybridized carbons (Fsp3) is 0.294. The number of hydrogen-bond donors (Lipinski definition) is 1. The first-order valence-corrected chi connectivity index (χ1v) is 6.91. The van der Waals surface area contributed by atoms with Crippen LogP contribution in [0.2, 0.25) is 0 Å². The van der Waals surface area contributed by atoms with Crippen LogP contribution in [0, 0.1) is 13.8 Å². The van der Waals surface area contributed by atoms with E-state index in [4.69, 9.17) is 0 Å². The minimum atomic E-state index is 0.0134. The van der Waals surface area contributed by atoms with E-state index in [0.29, 0.717) is 5.56 Å². The SMILES string of the molecule is CC(=O)c1cccc(NCC(=O)c2cc(C)n(C)c2C)c1. The third kappa shape index (κ3) is 3.21. The molecule has 0 aliphatic carbocycles. The van der Waals surface area contributed by atoms with Gasteiger partial charge in [-0.2, -0.15) is 0 Å². The van der Waals surface area contributed by atoms with Gasteiger partial charge in [-0.1, -0.05) is 12.1 Å². The molecule has 21 heavy (non-hydrogen) atoms.